The summed E-state index contributed by atoms with van der Waals surface area (Å²) in [6, 6.07) is 15.1. The van der Waals surface area contributed by atoms with Crippen LogP contribution in [0.4, 0.5) is 11.4 Å². The Kier molecular flexibility index (Phi) is 8.66. The summed E-state index contributed by atoms with van der Waals surface area (Å²) in [5.74, 6) is 2.51. The molecule has 5 heteroatoms. The number of benzene rings is 2. The van der Waals surface area contributed by atoms with Crippen molar-refractivity contribution in [2.75, 3.05) is 30.4 Å². The van der Waals surface area contributed by atoms with E-state index >= 15 is 0 Å². The van der Waals surface area contributed by atoms with Gasteiger partial charge in [0.15, 0.2) is 0 Å². The van der Waals surface area contributed by atoms with Crippen LogP contribution in [0.25, 0.3) is 0 Å². The molecule has 2 aromatic carbocycles. The first kappa shape index (κ1) is 21.6. The highest BCUT2D eigenvalue weighted by Gasteiger charge is 2.05. The monoisotopic (exact) mass is 384 g/mol. The van der Waals surface area contributed by atoms with Crippen molar-refractivity contribution < 1.29 is 14.3 Å². The van der Waals surface area contributed by atoms with Crippen LogP contribution in [0, 0.1) is 11.8 Å². The van der Waals surface area contributed by atoms with Crippen LogP contribution in [-0.4, -0.2) is 25.7 Å². The third-order valence-corrected chi connectivity index (χ3v) is 3.95. The number of amides is 1. The maximum Gasteiger partial charge on any atom is 0.243 e. The fraction of sp³-hybridized carbons (Fsp3) is 0.435. The minimum atomic E-state index is -0.118. The van der Waals surface area contributed by atoms with Gasteiger partial charge in [-0.3, -0.25) is 4.79 Å². The van der Waals surface area contributed by atoms with Gasteiger partial charge < -0.3 is 20.1 Å². The molecule has 0 aliphatic rings. The molecule has 0 saturated carbocycles. The standard InChI is InChI=1S/C23H32N2O3/c1-17(2)11-12-27-21-9-5-7-19(13-21)24-15-23(26)25-20-8-6-10-22(14-20)28-16-18(3)4/h5-10,13-14,17-18,24H,11-12,15-16H2,1-4H3,(H,25,26). The molecule has 2 rings (SSSR count). The maximum absolute atomic E-state index is 12.2. The van der Waals surface area contributed by atoms with E-state index in [1.54, 1.807) is 0 Å². The Balaban J connectivity index is 1.81. The molecule has 152 valence electrons. The second-order valence-corrected chi connectivity index (χ2v) is 7.69. The average molecular weight is 385 g/mol. The number of carbonyl (C=O) groups is 1. The largest absolute Gasteiger partial charge is 0.494 e. The van der Waals surface area contributed by atoms with Gasteiger partial charge in [-0.15, -0.1) is 0 Å². The van der Waals surface area contributed by atoms with E-state index in [9.17, 15) is 4.79 Å². The van der Waals surface area contributed by atoms with Crippen molar-refractivity contribution in [1.82, 2.24) is 0 Å². The number of ether oxygens (including phenoxy) is 2. The summed E-state index contributed by atoms with van der Waals surface area (Å²) in [5.41, 5.74) is 1.57. The molecule has 0 saturated heterocycles. The van der Waals surface area contributed by atoms with Crippen molar-refractivity contribution in [3.8, 4) is 11.5 Å². The Morgan fingerprint density at radius 1 is 0.893 bits per heavy atom. The summed E-state index contributed by atoms with van der Waals surface area (Å²) < 4.78 is 11.5. The number of hydrogen-bond donors (Lipinski definition) is 2. The van der Waals surface area contributed by atoms with E-state index < -0.39 is 0 Å². The summed E-state index contributed by atoms with van der Waals surface area (Å²) in [6.45, 7) is 10.1. The molecule has 0 fully saturated rings. The fourth-order valence-electron chi connectivity index (χ4n) is 2.42. The van der Waals surface area contributed by atoms with Crippen LogP contribution in [0.5, 0.6) is 11.5 Å². The molecule has 0 radical (unpaired) electrons. The van der Waals surface area contributed by atoms with E-state index in [-0.39, 0.29) is 12.5 Å². The van der Waals surface area contributed by atoms with Crippen LogP contribution in [-0.2, 0) is 4.79 Å². The van der Waals surface area contributed by atoms with E-state index in [1.807, 2.05) is 48.5 Å². The Morgan fingerprint density at radius 2 is 1.54 bits per heavy atom. The van der Waals surface area contributed by atoms with Gasteiger partial charge in [-0.05, 0) is 42.5 Å². The molecule has 2 N–H and O–H groups in total. The fourth-order valence-corrected chi connectivity index (χ4v) is 2.42. The highest BCUT2D eigenvalue weighted by atomic mass is 16.5. The first-order valence-corrected chi connectivity index (χ1v) is 9.92. The predicted molar refractivity (Wildman–Crippen MR) is 115 cm³/mol. The van der Waals surface area contributed by atoms with Gasteiger partial charge in [0.2, 0.25) is 5.91 Å². The number of carbonyl (C=O) groups excluding carboxylic acids is 1. The van der Waals surface area contributed by atoms with Gasteiger partial charge in [0, 0.05) is 23.5 Å². The summed E-state index contributed by atoms with van der Waals surface area (Å²) >= 11 is 0. The third-order valence-electron chi connectivity index (χ3n) is 3.95. The van der Waals surface area contributed by atoms with Crippen LogP contribution >= 0.6 is 0 Å². The topological polar surface area (TPSA) is 59.6 Å². The first-order chi connectivity index (χ1) is 13.4. The molecule has 0 aliphatic carbocycles. The third kappa shape index (κ3) is 8.33. The van der Waals surface area contributed by atoms with Crippen LogP contribution in [0.3, 0.4) is 0 Å². The Bertz CT molecular complexity index is 744. The Morgan fingerprint density at radius 3 is 2.21 bits per heavy atom. The van der Waals surface area contributed by atoms with E-state index in [1.165, 1.54) is 0 Å². The van der Waals surface area contributed by atoms with E-state index in [0.717, 1.165) is 29.3 Å². The lowest BCUT2D eigenvalue weighted by Crippen LogP contribution is -2.21. The van der Waals surface area contributed by atoms with Crippen molar-refractivity contribution in [1.29, 1.82) is 0 Å². The molecular weight excluding hydrogens is 352 g/mol. The maximum atomic E-state index is 12.2. The highest BCUT2D eigenvalue weighted by molar-refractivity contribution is 5.93. The lowest BCUT2D eigenvalue weighted by molar-refractivity contribution is -0.114. The van der Waals surface area contributed by atoms with Crippen molar-refractivity contribution in [3.63, 3.8) is 0 Å². The molecule has 0 aliphatic heterocycles. The van der Waals surface area contributed by atoms with Crippen molar-refractivity contribution in [2.24, 2.45) is 11.8 Å². The average Bonchev–Trinajstić information content (AvgIpc) is 2.65. The normalized spacial score (nSPS) is 10.8. The zero-order chi connectivity index (χ0) is 20.4. The molecule has 0 aromatic heterocycles. The second kappa shape index (κ2) is 11.2. The zero-order valence-electron chi connectivity index (χ0n) is 17.3. The summed E-state index contributed by atoms with van der Waals surface area (Å²) in [7, 11) is 0. The van der Waals surface area contributed by atoms with Crippen LogP contribution in [0.2, 0.25) is 0 Å². The number of nitrogens with one attached hydrogen (secondary N) is 2. The van der Waals surface area contributed by atoms with E-state index in [0.29, 0.717) is 25.0 Å². The van der Waals surface area contributed by atoms with Gasteiger partial charge in [0.25, 0.3) is 0 Å². The number of anilines is 2. The van der Waals surface area contributed by atoms with Gasteiger partial charge in [0.1, 0.15) is 11.5 Å². The zero-order valence-corrected chi connectivity index (χ0v) is 17.3. The van der Waals surface area contributed by atoms with Crippen molar-refractivity contribution in [2.45, 2.75) is 34.1 Å². The Hall–Kier alpha value is -2.69. The quantitative estimate of drug-likeness (QED) is 0.559. The van der Waals surface area contributed by atoms with E-state index in [2.05, 4.69) is 38.3 Å². The molecule has 1 amide bonds. The van der Waals surface area contributed by atoms with Crippen LogP contribution < -0.4 is 20.1 Å². The lowest BCUT2D eigenvalue weighted by Gasteiger charge is -2.12. The van der Waals surface area contributed by atoms with Gasteiger partial charge in [-0.25, -0.2) is 0 Å². The Labute approximate surface area is 168 Å². The smallest absolute Gasteiger partial charge is 0.243 e. The summed E-state index contributed by atoms with van der Waals surface area (Å²) in [5, 5.41) is 6.02. The van der Waals surface area contributed by atoms with Gasteiger partial charge in [-0.1, -0.05) is 39.8 Å². The lowest BCUT2D eigenvalue weighted by atomic mass is 10.1. The molecule has 2 aromatic rings. The van der Waals surface area contributed by atoms with Crippen LogP contribution in [0.1, 0.15) is 34.1 Å². The molecule has 0 heterocycles. The second-order valence-electron chi connectivity index (χ2n) is 7.69. The van der Waals surface area contributed by atoms with Gasteiger partial charge >= 0.3 is 0 Å². The highest BCUT2D eigenvalue weighted by Crippen LogP contribution is 2.19. The summed E-state index contributed by atoms with van der Waals surface area (Å²) in [4.78, 5) is 12.2. The number of rotatable bonds is 11. The minimum Gasteiger partial charge on any atom is -0.494 e. The predicted octanol–water partition coefficient (Wildman–Crippen LogP) is 5.20. The molecule has 0 bridgehead atoms. The van der Waals surface area contributed by atoms with Crippen molar-refractivity contribution in [3.05, 3.63) is 48.5 Å². The molecule has 0 atom stereocenters. The number of hydrogen-bond acceptors (Lipinski definition) is 4. The molecule has 0 spiro atoms. The van der Waals surface area contributed by atoms with Gasteiger partial charge in [-0.2, -0.15) is 0 Å². The molecule has 0 unspecified atom stereocenters. The molecule has 28 heavy (non-hydrogen) atoms. The van der Waals surface area contributed by atoms with Crippen LogP contribution in [0.15, 0.2) is 48.5 Å². The van der Waals surface area contributed by atoms with Gasteiger partial charge in [0.05, 0.1) is 19.8 Å². The van der Waals surface area contributed by atoms with E-state index in [4.69, 9.17) is 9.47 Å². The molecular formula is C23H32N2O3. The SMILES string of the molecule is CC(C)CCOc1cccc(NCC(=O)Nc2cccc(OCC(C)C)c2)c1. The molecule has 5 nitrogen and oxygen atoms in total. The van der Waals surface area contributed by atoms with Crippen molar-refractivity contribution >= 4 is 17.3 Å². The summed E-state index contributed by atoms with van der Waals surface area (Å²) in [6.07, 6.45) is 1.01. The minimum absolute atomic E-state index is 0.118. The first-order valence-electron chi connectivity index (χ1n) is 9.92.